The fourth-order valence-electron chi connectivity index (χ4n) is 3.46. The van der Waals surface area contributed by atoms with E-state index in [1.165, 1.54) is 18.4 Å². The number of aliphatic hydroxyl groups excluding tert-OH is 1. The predicted octanol–water partition coefficient (Wildman–Crippen LogP) is 2.45. The number of benzene rings is 1. The average molecular weight is 372 g/mol. The number of H-pyrrole nitrogens is 1. The topological polar surface area (TPSA) is 93.6 Å². The molecule has 0 saturated carbocycles. The molecule has 1 aliphatic rings. The van der Waals surface area contributed by atoms with Crippen LogP contribution < -0.4 is 5.56 Å². The minimum Gasteiger partial charge on any atom is -0.483 e. The van der Waals surface area contributed by atoms with Crippen molar-refractivity contribution in [3.8, 4) is 0 Å². The van der Waals surface area contributed by atoms with Gasteiger partial charge in [-0.1, -0.05) is 36.4 Å². The summed E-state index contributed by atoms with van der Waals surface area (Å²) in [4.78, 5) is 24.7. The first-order chi connectivity index (χ1) is 13.1. The fourth-order valence-corrected chi connectivity index (χ4v) is 3.46. The normalized spacial score (nSPS) is 16.2. The number of carboxylic acid groups (broad SMARTS) is 1. The first kappa shape index (κ1) is 20.9. The SMILES string of the molecule is O=CO.O=c1ccc(CC2CCN(CC[C@H](O)c3ccccc3)CC2)c[nH]1. The lowest BCUT2D eigenvalue weighted by Gasteiger charge is -2.32. The Kier molecular flexibility index (Phi) is 8.74. The molecule has 3 N–H and O–H groups in total. The number of aromatic amines is 1. The van der Waals surface area contributed by atoms with E-state index in [0.717, 1.165) is 38.0 Å². The Balaban J connectivity index is 0.000000817. The first-order valence-electron chi connectivity index (χ1n) is 9.33. The maximum Gasteiger partial charge on any atom is 0.290 e. The minimum atomic E-state index is -0.370. The molecule has 0 radical (unpaired) electrons. The van der Waals surface area contributed by atoms with Crippen molar-refractivity contribution >= 4 is 6.47 Å². The summed E-state index contributed by atoms with van der Waals surface area (Å²) in [6.45, 7) is 2.88. The van der Waals surface area contributed by atoms with E-state index in [1.807, 2.05) is 42.6 Å². The van der Waals surface area contributed by atoms with Crippen LogP contribution in [0.2, 0.25) is 0 Å². The van der Waals surface area contributed by atoms with E-state index in [1.54, 1.807) is 6.07 Å². The van der Waals surface area contributed by atoms with Crippen molar-refractivity contribution in [3.05, 3.63) is 70.1 Å². The molecule has 0 spiro atoms. The Morgan fingerprint density at radius 3 is 2.41 bits per heavy atom. The molecular weight excluding hydrogens is 344 g/mol. The molecule has 1 saturated heterocycles. The highest BCUT2D eigenvalue weighted by Crippen LogP contribution is 2.23. The third-order valence-corrected chi connectivity index (χ3v) is 4.98. The number of carbonyl (C=O) groups is 1. The van der Waals surface area contributed by atoms with E-state index in [2.05, 4.69) is 9.88 Å². The predicted molar refractivity (Wildman–Crippen MR) is 105 cm³/mol. The van der Waals surface area contributed by atoms with Crippen molar-refractivity contribution < 1.29 is 15.0 Å². The van der Waals surface area contributed by atoms with Crippen LogP contribution in [0, 0.1) is 5.92 Å². The molecule has 0 unspecified atom stereocenters. The van der Waals surface area contributed by atoms with Gasteiger partial charge in [0.25, 0.3) is 6.47 Å². The van der Waals surface area contributed by atoms with E-state index < -0.39 is 0 Å². The number of aromatic nitrogens is 1. The molecule has 2 aromatic rings. The van der Waals surface area contributed by atoms with Gasteiger partial charge in [0.1, 0.15) is 0 Å². The second-order valence-electron chi connectivity index (χ2n) is 6.87. The third kappa shape index (κ3) is 7.37. The highest BCUT2D eigenvalue weighted by Gasteiger charge is 2.20. The van der Waals surface area contributed by atoms with Gasteiger partial charge in [-0.05, 0) is 55.8 Å². The lowest BCUT2D eigenvalue weighted by Crippen LogP contribution is -2.35. The lowest BCUT2D eigenvalue weighted by molar-refractivity contribution is -0.122. The molecule has 6 heteroatoms. The summed E-state index contributed by atoms with van der Waals surface area (Å²) >= 11 is 0. The molecule has 0 amide bonds. The Morgan fingerprint density at radius 2 is 1.81 bits per heavy atom. The number of hydrogen-bond acceptors (Lipinski definition) is 4. The zero-order valence-corrected chi connectivity index (χ0v) is 15.5. The molecular formula is C21H28N2O4. The van der Waals surface area contributed by atoms with Crippen LogP contribution in [0.4, 0.5) is 0 Å². The zero-order chi connectivity index (χ0) is 19.5. The number of aliphatic hydroxyl groups is 1. The molecule has 1 aromatic carbocycles. The van der Waals surface area contributed by atoms with Crippen LogP contribution in [0.5, 0.6) is 0 Å². The van der Waals surface area contributed by atoms with Crippen LogP contribution in [0.3, 0.4) is 0 Å². The van der Waals surface area contributed by atoms with Crippen LogP contribution in [0.1, 0.15) is 36.5 Å². The molecule has 0 aliphatic carbocycles. The monoisotopic (exact) mass is 372 g/mol. The van der Waals surface area contributed by atoms with Gasteiger partial charge in [-0.3, -0.25) is 9.59 Å². The van der Waals surface area contributed by atoms with Gasteiger partial charge in [0.05, 0.1) is 6.10 Å². The smallest absolute Gasteiger partial charge is 0.290 e. The summed E-state index contributed by atoms with van der Waals surface area (Å²) < 4.78 is 0. The largest absolute Gasteiger partial charge is 0.483 e. The van der Waals surface area contributed by atoms with Crippen LogP contribution in [-0.4, -0.2) is 46.2 Å². The van der Waals surface area contributed by atoms with Gasteiger partial charge in [0.15, 0.2) is 0 Å². The summed E-state index contributed by atoms with van der Waals surface area (Å²) in [6.07, 6.45) is 5.66. The quantitative estimate of drug-likeness (QED) is 0.677. The van der Waals surface area contributed by atoms with Crippen LogP contribution >= 0.6 is 0 Å². The molecule has 0 bridgehead atoms. The highest BCUT2D eigenvalue weighted by atomic mass is 16.3. The molecule has 1 aromatic heterocycles. The lowest BCUT2D eigenvalue weighted by atomic mass is 9.90. The van der Waals surface area contributed by atoms with Crippen LogP contribution in [0.15, 0.2) is 53.5 Å². The van der Waals surface area contributed by atoms with Crippen LogP contribution in [0.25, 0.3) is 0 Å². The van der Waals surface area contributed by atoms with Crippen molar-refractivity contribution in [2.24, 2.45) is 5.92 Å². The summed E-state index contributed by atoms with van der Waals surface area (Å²) in [5, 5.41) is 17.2. The zero-order valence-electron chi connectivity index (χ0n) is 15.5. The molecule has 27 heavy (non-hydrogen) atoms. The van der Waals surface area contributed by atoms with Gasteiger partial charge < -0.3 is 20.1 Å². The number of hydrogen-bond donors (Lipinski definition) is 3. The second kappa shape index (κ2) is 11.3. The Labute approximate surface area is 159 Å². The van der Waals surface area contributed by atoms with Gasteiger partial charge >= 0.3 is 0 Å². The minimum absolute atomic E-state index is 0.0365. The standard InChI is InChI=1S/C20H26N2O2.CH2O2/c23-19(18-4-2-1-3-5-18)10-13-22-11-8-16(9-12-22)14-17-6-7-20(24)21-15-17;2-1-3/h1-7,15-16,19,23H,8-14H2,(H,21,24);1H,(H,2,3)/t19-;/m0./s1. The summed E-state index contributed by atoms with van der Waals surface area (Å²) in [6, 6.07) is 13.4. The van der Waals surface area contributed by atoms with Gasteiger partial charge in [0, 0.05) is 18.8 Å². The number of piperidine rings is 1. The van der Waals surface area contributed by atoms with E-state index >= 15 is 0 Å². The third-order valence-electron chi connectivity index (χ3n) is 4.98. The summed E-state index contributed by atoms with van der Waals surface area (Å²) in [5.74, 6) is 0.686. The van der Waals surface area contributed by atoms with Gasteiger partial charge in [0.2, 0.25) is 5.56 Å². The second-order valence-corrected chi connectivity index (χ2v) is 6.87. The van der Waals surface area contributed by atoms with E-state index in [4.69, 9.17) is 9.90 Å². The number of likely N-dealkylation sites (tertiary alicyclic amines) is 1. The summed E-state index contributed by atoms with van der Waals surface area (Å²) in [5.41, 5.74) is 2.18. The molecule has 3 rings (SSSR count). The van der Waals surface area contributed by atoms with Gasteiger partial charge in [-0.15, -0.1) is 0 Å². The van der Waals surface area contributed by atoms with Gasteiger partial charge in [-0.2, -0.15) is 0 Å². The Hall–Kier alpha value is -2.44. The highest BCUT2D eigenvalue weighted by molar-refractivity contribution is 5.32. The molecule has 2 heterocycles. The average Bonchev–Trinajstić information content (AvgIpc) is 2.70. The number of rotatable bonds is 6. The summed E-state index contributed by atoms with van der Waals surface area (Å²) in [7, 11) is 0. The maximum atomic E-state index is 11.1. The van der Waals surface area contributed by atoms with Crippen molar-refractivity contribution in [3.63, 3.8) is 0 Å². The van der Waals surface area contributed by atoms with Crippen molar-refractivity contribution in [1.29, 1.82) is 0 Å². The maximum absolute atomic E-state index is 11.1. The van der Waals surface area contributed by atoms with Crippen molar-refractivity contribution in [2.75, 3.05) is 19.6 Å². The number of nitrogens with one attached hydrogen (secondary N) is 1. The molecule has 6 nitrogen and oxygen atoms in total. The van der Waals surface area contributed by atoms with Gasteiger partial charge in [-0.25, -0.2) is 0 Å². The molecule has 1 atom stereocenters. The Morgan fingerprint density at radius 1 is 1.15 bits per heavy atom. The number of pyridine rings is 1. The number of nitrogens with zero attached hydrogens (tertiary/aromatic N) is 1. The molecule has 1 aliphatic heterocycles. The van der Waals surface area contributed by atoms with E-state index in [-0.39, 0.29) is 18.1 Å². The van der Waals surface area contributed by atoms with E-state index in [0.29, 0.717) is 5.92 Å². The Bertz CT molecular complexity index is 704. The van der Waals surface area contributed by atoms with Crippen molar-refractivity contribution in [1.82, 2.24) is 9.88 Å². The molecule has 146 valence electrons. The first-order valence-corrected chi connectivity index (χ1v) is 9.33. The molecule has 1 fully saturated rings. The fraction of sp³-hybridized carbons (Fsp3) is 0.429. The van der Waals surface area contributed by atoms with Crippen LogP contribution in [-0.2, 0) is 11.2 Å². The van der Waals surface area contributed by atoms with Crippen molar-refractivity contribution in [2.45, 2.75) is 31.8 Å². The van der Waals surface area contributed by atoms with E-state index in [9.17, 15) is 9.90 Å².